The molecular weight excluding hydrogens is 361 g/mol. The molecule has 2 saturated heterocycles. The van der Waals surface area contributed by atoms with Crippen LogP contribution in [0, 0.1) is 5.82 Å². The number of piperidine rings is 1. The summed E-state index contributed by atoms with van der Waals surface area (Å²) in [6.07, 6.45) is 4.40. The Morgan fingerprint density at radius 2 is 1.96 bits per heavy atom. The van der Waals surface area contributed by atoms with E-state index < -0.39 is 23.0 Å². The lowest BCUT2D eigenvalue weighted by atomic mass is 9.85. The van der Waals surface area contributed by atoms with E-state index in [9.17, 15) is 19.1 Å². The van der Waals surface area contributed by atoms with Gasteiger partial charge in [-0.05, 0) is 49.9 Å². The minimum Gasteiger partial charge on any atom is -0.507 e. The van der Waals surface area contributed by atoms with Gasteiger partial charge in [0.25, 0.3) is 5.91 Å². The van der Waals surface area contributed by atoms with Crippen molar-refractivity contribution in [3.8, 4) is 5.75 Å². The van der Waals surface area contributed by atoms with Gasteiger partial charge in [0.05, 0.1) is 17.8 Å². The number of benzene rings is 1. The number of aromatic hydroxyl groups is 1. The van der Waals surface area contributed by atoms with E-state index in [4.69, 9.17) is 0 Å². The average molecular weight is 383 g/mol. The highest BCUT2D eigenvalue weighted by Gasteiger charge is 2.53. The summed E-state index contributed by atoms with van der Waals surface area (Å²) in [5.41, 5.74) is -0.0671. The van der Waals surface area contributed by atoms with Crippen LogP contribution in [0.15, 0.2) is 42.6 Å². The number of phenolic OH excluding ortho intramolecular Hbond substituents is 1. The van der Waals surface area contributed by atoms with E-state index >= 15 is 0 Å². The van der Waals surface area contributed by atoms with Crippen molar-refractivity contribution >= 4 is 11.8 Å². The van der Waals surface area contributed by atoms with Crippen molar-refractivity contribution in [1.82, 2.24) is 14.8 Å². The quantitative estimate of drug-likeness (QED) is 0.885. The minimum atomic E-state index is -0.898. The normalized spacial score (nSPS) is 22.1. The van der Waals surface area contributed by atoms with Gasteiger partial charge in [-0.25, -0.2) is 4.39 Å². The van der Waals surface area contributed by atoms with Gasteiger partial charge in [-0.3, -0.25) is 14.6 Å². The van der Waals surface area contributed by atoms with E-state index in [2.05, 4.69) is 4.98 Å². The standard InChI is InChI=1S/C21H22FN3O3/c22-15-6-7-17(18(26)13-15)19(27)25-12-4-9-21(25)8-3-11-24(20(21)28)14-16-5-1-2-10-23-16/h1-2,5-7,10,13,26H,3-4,8-9,11-12,14H2. The van der Waals surface area contributed by atoms with Gasteiger partial charge in [0.2, 0.25) is 5.91 Å². The molecule has 4 rings (SSSR count). The fourth-order valence-electron chi connectivity index (χ4n) is 4.39. The largest absolute Gasteiger partial charge is 0.507 e. The van der Waals surface area contributed by atoms with Crippen LogP contribution in [-0.4, -0.2) is 50.3 Å². The van der Waals surface area contributed by atoms with Gasteiger partial charge in [-0.1, -0.05) is 6.07 Å². The predicted octanol–water partition coefficient (Wildman–Crippen LogP) is 2.72. The van der Waals surface area contributed by atoms with Crippen LogP contribution in [-0.2, 0) is 11.3 Å². The third-order valence-electron chi connectivity index (χ3n) is 5.71. The Labute approximate surface area is 162 Å². The van der Waals surface area contributed by atoms with E-state index in [-0.39, 0.29) is 11.5 Å². The molecule has 1 spiro atoms. The molecular formula is C21H22FN3O3. The summed E-state index contributed by atoms with van der Waals surface area (Å²) < 4.78 is 13.3. The minimum absolute atomic E-state index is 0.0253. The number of hydrogen-bond donors (Lipinski definition) is 1. The van der Waals surface area contributed by atoms with Gasteiger partial charge < -0.3 is 14.9 Å². The molecule has 1 aromatic carbocycles. The molecule has 3 heterocycles. The van der Waals surface area contributed by atoms with Crippen molar-refractivity contribution in [2.24, 2.45) is 0 Å². The van der Waals surface area contributed by atoms with Crippen molar-refractivity contribution in [2.45, 2.75) is 37.8 Å². The lowest BCUT2D eigenvalue weighted by molar-refractivity contribution is -0.146. The molecule has 7 heteroatoms. The third-order valence-corrected chi connectivity index (χ3v) is 5.71. The van der Waals surface area contributed by atoms with Gasteiger partial charge in [0, 0.05) is 25.4 Å². The van der Waals surface area contributed by atoms with Gasteiger partial charge in [-0.15, -0.1) is 0 Å². The van der Waals surface area contributed by atoms with Gasteiger partial charge >= 0.3 is 0 Å². The van der Waals surface area contributed by atoms with Crippen molar-refractivity contribution < 1.29 is 19.1 Å². The molecule has 2 amide bonds. The highest BCUT2D eigenvalue weighted by molar-refractivity contribution is 6.01. The second-order valence-electron chi connectivity index (χ2n) is 7.40. The van der Waals surface area contributed by atoms with Crippen molar-refractivity contribution in [1.29, 1.82) is 0 Å². The molecule has 1 aromatic heterocycles. The molecule has 146 valence electrons. The third kappa shape index (κ3) is 3.10. The summed E-state index contributed by atoms with van der Waals surface area (Å²) in [6.45, 7) is 1.48. The molecule has 0 saturated carbocycles. The molecule has 2 fully saturated rings. The van der Waals surface area contributed by atoms with Crippen LogP contribution in [0.2, 0.25) is 0 Å². The smallest absolute Gasteiger partial charge is 0.258 e. The van der Waals surface area contributed by atoms with E-state index in [1.54, 1.807) is 16.0 Å². The lowest BCUT2D eigenvalue weighted by Crippen LogP contribution is -2.61. The number of likely N-dealkylation sites (tertiary alicyclic amines) is 2. The summed E-state index contributed by atoms with van der Waals surface area (Å²) in [5, 5.41) is 10.0. The van der Waals surface area contributed by atoms with E-state index in [1.807, 2.05) is 18.2 Å². The second-order valence-corrected chi connectivity index (χ2v) is 7.40. The summed E-state index contributed by atoms with van der Waals surface area (Å²) in [5.74, 6) is -1.51. The first-order chi connectivity index (χ1) is 13.5. The van der Waals surface area contributed by atoms with Crippen molar-refractivity contribution in [2.75, 3.05) is 13.1 Å². The first-order valence-electron chi connectivity index (χ1n) is 9.51. The molecule has 0 radical (unpaired) electrons. The number of phenols is 1. The average Bonchev–Trinajstić information content (AvgIpc) is 3.10. The number of aromatic nitrogens is 1. The highest BCUT2D eigenvalue weighted by Crippen LogP contribution is 2.40. The number of nitrogens with zero attached hydrogens (tertiary/aromatic N) is 3. The van der Waals surface area contributed by atoms with Crippen LogP contribution in [0.3, 0.4) is 0 Å². The van der Waals surface area contributed by atoms with Crippen LogP contribution in [0.5, 0.6) is 5.75 Å². The molecule has 2 aliphatic rings. The first-order valence-corrected chi connectivity index (χ1v) is 9.51. The van der Waals surface area contributed by atoms with E-state index in [0.29, 0.717) is 32.5 Å². The zero-order chi connectivity index (χ0) is 19.7. The summed E-state index contributed by atoms with van der Waals surface area (Å²) >= 11 is 0. The molecule has 1 unspecified atom stereocenters. The summed E-state index contributed by atoms with van der Waals surface area (Å²) in [6, 6.07) is 8.93. The molecule has 1 atom stereocenters. The summed E-state index contributed by atoms with van der Waals surface area (Å²) in [7, 11) is 0. The maximum absolute atomic E-state index is 13.4. The fraction of sp³-hybridized carbons (Fsp3) is 0.381. The first kappa shape index (κ1) is 18.4. The Balaban J connectivity index is 1.61. The van der Waals surface area contributed by atoms with Gasteiger partial charge in [-0.2, -0.15) is 0 Å². The number of carbonyl (C=O) groups excluding carboxylic acids is 2. The SMILES string of the molecule is O=C(c1ccc(F)cc1O)N1CCCC12CCCN(Cc1ccccn1)C2=O. The van der Waals surface area contributed by atoms with E-state index in [1.165, 1.54) is 6.07 Å². The number of halogens is 1. The maximum atomic E-state index is 13.4. The Bertz CT molecular complexity index is 905. The number of pyridine rings is 1. The van der Waals surface area contributed by atoms with Crippen molar-refractivity contribution in [3.05, 3.63) is 59.7 Å². The molecule has 28 heavy (non-hydrogen) atoms. The second kappa shape index (κ2) is 7.22. The molecule has 0 aliphatic carbocycles. The van der Waals surface area contributed by atoms with Crippen molar-refractivity contribution in [3.63, 3.8) is 0 Å². The van der Waals surface area contributed by atoms with Crippen LogP contribution in [0.1, 0.15) is 41.7 Å². The van der Waals surface area contributed by atoms with Crippen LogP contribution in [0.25, 0.3) is 0 Å². The number of rotatable bonds is 3. The Hall–Kier alpha value is -2.96. The Morgan fingerprint density at radius 3 is 2.68 bits per heavy atom. The number of carbonyl (C=O) groups is 2. The topological polar surface area (TPSA) is 73.7 Å². The van der Waals surface area contributed by atoms with Crippen LogP contribution >= 0.6 is 0 Å². The van der Waals surface area contributed by atoms with Crippen LogP contribution in [0.4, 0.5) is 4.39 Å². The van der Waals surface area contributed by atoms with Crippen LogP contribution < -0.4 is 0 Å². The molecule has 2 aliphatic heterocycles. The maximum Gasteiger partial charge on any atom is 0.258 e. The zero-order valence-electron chi connectivity index (χ0n) is 15.5. The number of hydrogen-bond acceptors (Lipinski definition) is 4. The Morgan fingerprint density at radius 1 is 1.18 bits per heavy atom. The van der Waals surface area contributed by atoms with E-state index in [0.717, 1.165) is 30.7 Å². The summed E-state index contributed by atoms with van der Waals surface area (Å²) in [4.78, 5) is 34.2. The number of amides is 2. The van der Waals surface area contributed by atoms with Gasteiger partial charge in [0.1, 0.15) is 17.1 Å². The van der Waals surface area contributed by atoms with Gasteiger partial charge in [0.15, 0.2) is 0 Å². The molecule has 6 nitrogen and oxygen atoms in total. The zero-order valence-corrected chi connectivity index (χ0v) is 15.5. The lowest BCUT2D eigenvalue weighted by Gasteiger charge is -2.44. The molecule has 2 aromatic rings. The highest BCUT2D eigenvalue weighted by atomic mass is 19.1. The monoisotopic (exact) mass is 383 g/mol. The Kier molecular flexibility index (Phi) is 4.75. The molecule has 1 N–H and O–H groups in total. The predicted molar refractivity (Wildman–Crippen MR) is 100.0 cm³/mol. The molecule has 0 bridgehead atoms. The fourth-order valence-corrected chi connectivity index (χ4v) is 4.39.